The summed E-state index contributed by atoms with van der Waals surface area (Å²) in [5.74, 6) is 0.358. The first-order valence-corrected chi connectivity index (χ1v) is 10.0. The van der Waals surface area contributed by atoms with Crippen LogP contribution < -0.4 is 19.5 Å². The van der Waals surface area contributed by atoms with E-state index in [1.165, 1.54) is 20.3 Å². The van der Waals surface area contributed by atoms with Crippen LogP contribution in [0.4, 0.5) is 0 Å². The van der Waals surface area contributed by atoms with Crippen molar-refractivity contribution >= 4 is 15.9 Å². The lowest BCUT2D eigenvalue weighted by molar-refractivity contribution is 0.0955. The number of carbonyl (C=O) groups excluding carboxylic acids is 1. The van der Waals surface area contributed by atoms with Gasteiger partial charge >= 0.3 is 0 Å². The van der Waals surface area contributed by atoms with Crippen LogP contribution in [0.1, 0.15) is 16.8 Å². The number of sulfonamides is 1. The van der Waals surface area contributed by atoms with E-state index in [4.69, 9.17) is 9.47 Å². The Morgan fingerprint density at radius 1 is 1.19 bits per heavy atom. The summed E-state index contributed by atoms with van der Waals surface area (Å²) in [5, 5.41) is 2.59. The van der Waals surface area contributed by atoms with Crippen molar-refractivity contribution in [1.82, 2.24) is 19.6 Å². The minimum Gasteiger partial charge on any atom is -0.493 e. The van der Waals surface area contributed by atoms with E-state index in [1.54, 1.807) is 24.7 Å². The quantitative estimate of drug-likeness (QED) is 0.539. The number of carbonyl (C=O) groups is 1. The highest BCUT2D eigenvalue weighted by atomic mass is 32.2. The summed E-state index contributed by atoms with van der Waals surface area (Å²) in [6.45, 7) is 1.01. The van der Waals surface area contributed by atoms with Gasteiger partial charge in [0.2, 0.25) is 10.0 Å². The number of nitrogens with zero attached hydrogens (tertiary/aromatic N) is 2. The standard InChI is InChI=1S/C17H24N4O5S/c1-25-15-5-4-14(12-16(15)26-2)17(22)19-8-11-27(23,24)20-6-3-9-21-10-7-18-13-21/h4-5,7,10,12-13,20H,3,6,8-9,11H2,1-2H3,(H,19,22). The van der Waals surface area contributed by atoms with Crippen molar-refractivity contribution in [2.45, 2.75) is 13.0 Å². The Kier molecular flexibility index (Phi) is 7.62. The van der Waals surface area contributed by atoms with Crippen molar-refractivity contribution in [1.29, 1.82) is 0 Å². The van der Waals surface area contributed by atoms with Gasteiger partial charge in [-0.15, -0.1) is 0 Å². The first kappa shape index (κ1) is 20.7. The molecule has 148 valence electrons. The number of rotatable bonds is 11. The van der Waals surface area contributed by atoms with E-state index in [1.807, 2.05) is 10.8 Å². The Labute approximate surface area is 158 Å². The number of aryl methyl sites for hydroxylation is 1. The monoisotopic (exact) mass is 396 g/mol. The number of imidazole rings is 1. The third kappa shape index (κ3) is 6.57. The summed E-state index contributed by atoms with van der Waals surface area (Å²) >= 11 is 0. The smallest absolute Gasteiger partial charge is 0.251 e. The van der Waals surface area contributed by atoms with Crippen LogP contribution >= 0.6 is 0 Å². The van der Waals surface area contributed by atoms with Gasteiger partial charge in [-0.05, 0) is 24.6 Å². The summed E-state index contributed by atoms with van der Waals surface area (Å²) in [6.07, 6.45) is 5.81. The predicted molar refractivity (Wildman–Crippen MR) is 101 cm³/mol. The van der Waals surface area contributed by atoms with Crippen LogP contribution in [0.2, 0.25) is 0 Å². The number of amides is 1. The molecule has 2 aromatic rings. The van der Waals surface area contributed by atoms with Gasteiger partial charge in [0.25, 0.3) is 5.91 Å². The van der Waals surface area contributed by atoms with Gasteiger partial charge in [0.1, 0.15) is 0 Å². The van der Waals surface area contributed by atoms with Gasteiger partial charge in [-0.2, -0.15) is 0 Å². The Balaban J connectivity index is 1.74. The molecule has 0 saturated carbocycles. The van der Waals surface area contributed by atoms with E-state index in [0.29, 0.717) is 36.6 Å². The highest BCUT2D eigenvalue weighted by Crippen LogP contribution is 2.27. The van der Waals surface area contributed by atoms with Crippen molar-refractivity contribution < 1.29 is 22.7 Å². The molecule has 27 heavy (non-hydrogen) atoms. The van der Waals surface area contributed by atoms with E-state index in [0.717, 1.165) is 0 Å². The fourth-order valence-electron chi connectivity index (χ4n) is 2.36. The Morgan fingerprint density at radius 3 is 2.63 bits per heavy atom. The molecule has 9 nitrogen and oxygen atoms in total. The number of methoxy groups -OCH3 is 2. The van der Waals surface area contributed by atoms with Crippen LogP contribution in [0.5, 0.6) is 11.5 Å². The van der Waals surface area contributed by atoms with Crippen LogP contribution in [-0.2, 0) is 16.6 Å². The molecule has 0 aliphatic carbocycles. The summed E-state index contributed by atoms with van der Waals surface area (Å²) in [5.41, 5.74) is 0.360. The van der Waals surface area contributed by atoms with E-state index < -0.39 is 10.0 Å². The van der Waals surface area contributed by atoms with Gasteiger partial charge in [-0.1, -0.05) is 0 Å². The molecule has 0 aliphatic rings. The molecule has 1 aromatic carbocycles. The maximum absolute atomic E-state index is 12.2. The fourth-order valence-corrected chi connectivity index (χ4v) is 3.33. The zero-order chi connectivity index (χ0) is 19.7. The van der Waals surface area contributed by atoms with Gasteiger partial charge < -0.3 is 19.4 Å². The Morgan fingerprint density at radius 2 is 1.96 bits per heavy atom. The highest BCUT2D eigenvalue weighted by molar-refractivity contribution is 7.89. The third-order valence-corrected chi connectivity index (χ3v) is 5.16. The van der Waals surface area contributed by atoms with Crippen LogP contribution in [0.3, 0.4) is 0 Å². The summed E-state index contributed by atoms with van der Waals surface area (Å²) in [7, 11) is -0.477. The molecule has 0 aliphatic heterocycles. The molecule has 0 bridgehead atoms. The summed E-state index contributed by atoms with van der Waals surface area (Å²) < 4.78 is 38.6. The van der Waals surface area contributed by atoms with Crippen LogP contribution in [0.25, 0.3) is 0 Å². The van der Waals surface area contributed by atoms with Gasteiger partial charge in [-0.25, -0.2) is 18.1 Å². The highest BCUT2D eigenvalue weighted by Gasteiger charge is 2.13. The second kappa shape index (κ2) is 9.93. The first-order chi connectivity index (χ1) is 12.9. The molecule has 1 aromatic heterocycles. The van der Waals surface area contributed by atoms with E-state index in [9.17, 15) is 13.2 Å². The van der Waals surface area contributed by atoms with Crippen molar-refractivity contribution in [3.63, 3.8) is 0 Å². The Bertz CT molecular complexity index is 837. The molecule has 10 heteroatoms. The van der Waals surface area contributed by atoms with Crippen molar-refractivity contribution in [2.24, 2.45) is 0 Å². The second-order valence-electron chi connectivity index (χ2n) is 5.69. The van der Waals surface area contributed by atoms with Crippen molar-refractivity contribution in [2.75, 3.05) is 33.1 Å². The normalized spacial score (nSPS) is 11.2. The van der Waals surface area contributed by atoms with E-state index in [-0.39, 0.29) is 18.2 Å². The number of aromatic nitrogens is 2. The van der Waals surface area contributed by atoms with E-state index in [2.05, 4.69) is 15.0 Å². The van der Waals surface area contributed by atoms with Crippen molar-refractivity contribution in [3.05, 3.63) is 42.5 Å². The molecule has 1 amide bonds. The lowest BCUT2D eigenvalue weighted by atomic mass is 10.2. The molecule has 0 fully saturated rings. The van der Waals surface area contributed by atoms with Gasteiger partial charge in [0.15, 0.2) is 11.5 Å². The lowest BCUT2D eigenvalue weighted by Crippen LogP contribution is -2.35. The first-order valence-electron chi connectivity index (χ1n) is 8.38. The molecule has 0 saturated heterocycles. The molecule has 1 heterocycles. The number of benzene rings is 1. The molecule has 2 N–H and O–H groups in total. The number of hydrogen-bond acceptors (Lipinski definition) is 6. The second-order valence-corrected chi connectivity index (χ2v) is 7.62. The average Bonchev–Trinajstić information content (AvgIpc) is 3.18. The summed E-state index contributed by atoms with van der Waals surface area (Å²) in [4.78, 5) is 16.1. The molecular weight excluding hydrogens is 372 g/mol. The predicted octanol–water partition coefficient (Wildman–Crippen LogP) is 0.640. The molecule has 2 rings (SSSR count). The van der Waals surface area contributed by atoms with E-state index >= 15 is 0 Å². The van der Waals surface area contributed by atoms with Crippen molar-refractivity contribution in [3.8, 4) is 11.5 Å². The minimum absolute atomic E-state index is 0.00400. The minimum atomic E-state index is -3.46. The third-order valence-electron chi connectivity index (χ3n) is 3.78. The topological polar surface area (TPSA) is 112 Å². The Hall–Kier alpha value is -2.59. The number of hydrogen-bond donors (Lipinski definition) is 2. The van der Waals surface area contributed by atoms with Gasteiger partial charge in [0, 0.05) is 37.6 Å². The molecule has 0 unspecified atom stereocenters. The zero-order valence-electron chi connectivity index (χ0n) is 15.3. The number of nitrogens with one attached hydrogen (secondary N) is 2. The molecule has 0 radical (unpaired) electrons. The lowest BCUT2D eigenvalue weighted by Gasteiger charge is -2.10. The SMILES string of the molecule is COc1ccc(C(=O)NCCS(=O)(=O)NCCCn2ccnc2)cc1OC. The van der Waals surface area contributed by atoms with Crippen LogP contribution in [-0.4, -0.2) is 56.9 Å². The van der Waals surface area contributed by atoms with Crippen LogP contribution in [0, 0.1) is 0 Å². The maximum atomic E-state index is 12.2. The van der Waals surface area contributed by atoms with Gasteiger partial charge in [0.05, 0.1) is 26.3 Å². The number of ether oxygens (including phenoxy) is 2. The molecule has 0 atom stereocenters. The average molecular weight is 396 g/mol. The summed E-state index contributed by atoms with van der Waals surface area (Å²) in [6, 6.07) is 4.74. The molecule has 0 spiro atoms. The maximum Gasteiger partial charge on any atom is 0.251 e. The van der Waals surface area contributed by atoms with Crippen LogP contribution in [0.15, 0.2) is 36.9 Å². The molecular formula is C17H24N4O5S. The van der Waals surface area contributed by atoms with Gasteiger partial charge in [-0.3, -0.25) is 4.79 Å². The largest absolute Gasteiger partial charge is 0.493 e. The fraction of sp³-hybridized carbons (Fsp3) is 0.412. The zero-order valence-corrected chi connectivity index (χ0v) is 16.2.